The molecule has 0 radical (unpaired) electrons. The molecule has 0 aliphatic heterocycles. The number of benzene rings is 3. The smallest absolute Gasteiger partial charge is 0.261 e. The van der Waals surface area contributed by atoms with Gasteiger partial charge in [0.2, 0.25) is 0 Å². The molecule has 0 bridgehead atoms. The zero-order chi connectivity index (χ0) is 21.6. The van der Waals surface area contributed by atoms with Crippen LogP contribution in [0.1, 0.15) is 35.3 Å². The van der Waals surface area contributed by atoms with E-state index in [0.717, 1.165) is 17.7 Å². The van der Waals surface area contributed by atoms with Crippen LogP contribution in [0.3, 0.4) is 0 Å². The van der Waals surface area contributed by atoms with E-state index in [9.17, 15) is 13.2 Å². The molecule has 0 aromatic heterocycles. The van der Waals surface area contributed by atoms with Crippen molar-refractivity contribution in [2.24, 2.45) is 0 Å². The number of hydrogen-bond acceptors (Lipinski definition) is 4. The van der Waals surface area contributed by atoms with Gasteiger partial charge >= 0.3 is 0 Å². The molecule has 0 saturated heterocycles. The van der Waals surface area contributed by atoms with Crippen LogP contribution in [-0.2, 0) is 10.0 Å². The molecule has 0 aliphatic carbocycles. The SMILES string of the molecule is CC[C@H](NC(=O)c1ccc(NS(=O)(=O)c2ccccc2)cc1)c1ccc(OC)cc1. The minimum absolute atomic E-state index is 0.139. The minimum Gasteiger partial charge on any atom is -0.497 e. The molecule has 2 N–H and O–H groups in total. The highest BCUT2D eigenvalue weighted by atomic mass is 32.2. The lowest BCUT2D eigenvalue weighted by atomic mass is 10.0. The molecule has 3 rings (SSSR count). The van der Waals surface area contributed by atoms with E-state index in [4.69, 9.17) is 4.74 Å². The molecule has 0 aliphatic rings. The van der Waals surface area contributed by atoms with Gasteiger partial charge in [-0.15, -0.1) is 0 Å². The highest BCUT2D eigenvalue weighted by Crippen LogP contribution is 2.21. The van der Waals surface area contributed by atoms with Gasteiger partial charge in [-0.05, 0) is 60.5 Å². The number of nitrogens with one attached hydrogen (secondary N) is 2. The van der Waals surface area contributed by atoms with Crippen LogP contribution in [0.15, 0.2) is 83.8 Å². The van der Waals surface area contributed by atoms with Crippen molar-refractivity contribution in [2.75, 3.05) is 11.8 Å². The van der Waals surface area contributed by atoms with E-state index in [1.807, 2.05) is 31.2 Å². The molecule has 0 spiro atoms. The van der Waals surface area contributed by atoms with E-state index in [-0.39, 0.29) is 16.8 Å². The van der Waals surface area contributed by atoms with Crippen LogP contribution in [0, 0.1) is 0 Å². The summed E-state index contributed by atoms with van der Waals surface area (Å²) in [6, 6.07) is 21.9. The molecule has 7 heteroatoms. The zero-order valence-corrected chi connectivity index (χ0v) is 17.6. The molecule has 0 fully saturated rings. The Bertz CT molecular complexity index is 1080. The number of anilines is 1. The second-order valence-corrected chi connectivity index (χ2v) is 8.39. The van der Waals surface area contributed by atoms with Crippen molar-refractivity contribution < 1.29 is 17.9 Å². The molecule has 1 amide bonds. The molecule has 3 aromatic carbocycles. The summed E-state index contributed by atoms with van der Waals surface area (Å²) in [4.78, 5) is 12.8. The summed E-state index contributed by atoms with van der Waals surface area (Å²) in [5.74, 6) is 0.531. The standard InChI is InChI=1S/C23H24N2O4S/c1-3-22(17-11-15-20(29-2)16-12-17)24-23(26)18-9-13-19(14-10-18)25-30(27,28)21-7-5-4-6-8-21/h4-16,22,25H,3H2,1-2H3,(H,24,26)/t22-/m0/s1. The number of methoxy groups -OCH3 is 1. The van der Waals surface area contributed by atoms with Gasteiger partial charge in [-0.2, -0.15) is 0 Å². The summed E-state index contributed by atoms with van der Waals surface area (Å²) < 4.78 is 32.5. The largest absolute Gasteiger partial charge is 0.497 e. The van der Waals surface area contributed by atoms with E-state index in [0.29, 0.717) is 11.3 Å². The van der Waals surface area contributed by atoms with Crippen LogP contribution in [0.4, 0.5) is 5.69 Å². The summed E-state index contributed by atoms with van der Waals surface area (Å²) in [5.41, 5.74) is 1.82. The van der Waals surface area contributed by atoms with Crippen LogP contribution >= 0.6 is 0 Å². The van der Waals surface area contributed by atoms with Crippen molar-refractivity contribution in [2.45, 2.75) is 24.3 Å². The summed E-state index contributed by atoms with van der Waals surface area (Å²) in [6.07, 6.45) is 0.729. The molecular weight excluding hydrogens is 400 g/mol. The van der Waals surface area contributed by atoms with Gasteiger partial charge in [0.05, 0.1) is 18.0 Å². The fourth-order valence-corrected chi connectivity index (χ4v) is 4.08. The monoisotopic (exact) mass is 424 g/mol. The van der Waals surface area contributed by atoms with Crippen LogP contribution in [0.25, 0.3) is 0 Å². The lowest BCUT2D eigenvalue weighted by Crippen LogP contribution is -2.28. The third kappa shape index (κ3) is 5.18. The Labute approximate surface area is 177 Å². The first-order valence-corrected chi connectivity index (χ1v) is 11.0. The van der Waals surface area contributed by atoms with E-state index in [2.05, 4.69) is 10.0 Å². The first-order valence-electron chi connectivity index (χ1n) is 9.55. The van der Waals surface area contributed by atoms with Crippen LogP contribution in [-0.4, -0.2) is 21.4 Å². The Kier molecular flexibility index (Phi) is 6.74. The summed E-state index contributed by atoms with van der Waals surface area (Å²) >= 11 is 0. The average Bonchev–Trinajstić information content (AvgIpc) is 2.78. The van der Waals surface area contributed by atoms with Gasteiger partial charge in [-0.25, -0.2) is 8.42 Å². The van der Waals surface area contributed by atoms with Crippen LogP contribution in [0.2, 0.25) is 0 Å². The first-order chi connectivity index (χ1) is 14.4. The quantitative estimate of drug-likeness (QED) is 0.562. The number of carbonyl (C=O) groups is 1. The number of ether oxygens (including phenoxy) is 1. The van der Waals surface area contributed by atoms with Crippen molar-refractivity contribution in [3.8, 4) is 5.75 Å². The molecule has 1 atom stereocenters. The zero-order valence-electron chi connectivity index (χ0n) is 16.8. The number of sulfonamides is 1. The maximum atomic E-state index is 12.7. The summed E-state index contributed by atoms with van der Waals surface area (Å²) in [7, 11) is -2.06. The lowest BCUT2D eigenvalue weighted by Gasteiger charge is -2.18. The Balaban J connectivity index is 1.68. The van der Waals surface area contributed by atoms with E-state index in [1.54, 1.807) is 49.6 Å². The molecule has 0 unspecified atom stereocenters. The van der Waals surface area contributed by atoms with E-state index in [1.165, 1.54) is 12.1 Å². The molecule has 30 heavy (non-hydrogen) atoms. The van der Waals surface area contributed by atoms with Gasteiger partial charge in [0, 0.05) is 11.3 Å². The Morgan fingerprint density at radius 3 is 2.13 bits per heavy atom. The minimum atomic E-state index is -3.67. The molecule has 0 saturated carbocycles. The van der Waals surface area contributed by atoms with Crippen molar-refractivity contribution in [1.82, 2.24) is 5.32 Å². The summed E-state index contributed by atoms with van der Waals surface area (Å²) in [5, 5.41) is 3.01. The molecule has 156 valence electrons. The Morgan fingerprint density at radius 2 is 1.57 bits per heavy atom. The average molecular weight is 425 g/mol. The highest BCUT2D eigenvalue weighted by Gasteiger charge is 2.16. The number of hydrogen-bond donors (Lipinski definition) is 2. The molecule has 3 aromatic rings. The van der Waals surface area contributed by atoms with Gasteiger partial charge in [0.25, 0.3) is 15.9 Å². The molecular formula is C23H24N2O4S. The van der Waals surface area contributed by atoms with Gasteiger partial charge in [-0.1, -0.05) is 37.3 Å². The van der Waals surface area contributed by atoms with Crippen molar-refractivity contribution in [3.05, 3.63) is 90.0 Å². The highest BCUT2D eigenvalue weighted by molar-refractivity contribution is 7.92. The second kappa shape index (κ2) is 9.45. The predicted molar refractivity (Wildman–Crippen MR) is 117 cm³/mol. The molecule has 0 heterocycles. The third-order valence-electron chi connectivity index (χ3n) is 4.68. The number of rotatable bonds is 8. The Hall–Kier alpha value is -3.32. The first kappa shape index (κ1) is 21.4. The number of carbonyl (C=O) groups excluding carboxylic acids is 1. The second-order valence-electron chi connectivity index (χ2n) is 6.70. The van der Waals surface area contributed by atoms with Gasteiger partial charge in [-0.3, -0.25) is 9.52 Å². The van der Waals surface area contributed by atoms with E-state index < -0.39 is 10.0 Å². The van der Waals surface area contributed by atoms with Crippen molar-refractivity contribution in [1.29, 1.82) is 0 Å². The lowest BCUT2D eigenvalue weighted by molar-refractivity contribution is 0.0935. The van der Waals surface area contributed by atoms with E-state index >= 15 is 0 Å². The van der Waals surface area contributed by atoms with Gasteiger partial charge in [0.15, 0.2) is 0 Å². The van der Waals surface area contributed by atoms with Gasteiger partial charge < -0.3 is 10.1 Å². The third-order valence-corrected chi connectivity index (χ3v) is 6.08. The summed E-state index contributed by atoms with van der Waals surface area (Å²) in [6.45, 7) is 2.00. The topological polar surface area (TPSA) is 84.5 Å². The fourth-order valence-electron chi connectivity index (χ4n) is 3.00. The van der Waals surface area contributed by atoms with Crippen LogP contribution < -0.4 is 14.8 Å². The molecule has 6 nitrogen and oxygen atoms in total. The maximum absolute atomic E-state index is 12.7. The van der Waals surface area contributed by atoms with Gasteiger partial charge in [0.1, 0.15) is 5.75 Å². The maximum Gasteiger partial charge on any atom is 0.261 e. The Morgan fingerprint density at radius 1 is 0.933 bits per heavy atom. The van der Waals surface area contributed by atoms with Crippen molar-refractivity contribution in [3.63, 3.8) is 0 Å². The van der Waals surface area contributed by atoms with Crippen LogP contribution in [0.5, 0.6) is 5.75 Å². The normalized spacial score (nSPS) is 12.1. The van der Waals surface area contributed by atoms with Crippen molar-refractivity contribution >= 4 is 21.6 Å². The fraction of sp³-hybridized carbons (Fsp3) is 0.174. The number of amides is 1. The predicted octanol–water partition coefficient (Wildman–Crippen LogP) is 4.38.